The van der Waals surface area contributed by atoms with Gasteiger partial charge in [-0.25, -0.2) is 5.43 Å². The molecule has 0 saturated carbocycles. The molecule has 0 aromatic heterocycles. The minimum absolute atomic E-state index is 0.0226. The predicted octanol–water partition coefficient (Wildman–Crippen LogP) is 4.26. The second-order valence-electron chi connectivity index (χ2n) is 6.91. The van der Waals surface area contributed by atoms with E-state index in [9.17, 15) is 9.59 Å². The van der Waals surface area contributed by atoms with Crippen LogP contribution in [0.15, 0.2) is 41.5 Å². The van der Waals surface area contributed by atoms with Gasteiger partial charge in [-0.2, -0.15) is 5.10 Å². The highest BCUT2D eigenvalue weighted by atomic mass is 127. The van der Waals surface area contributed by atoms with Gasteiger partial charge in [-0.15, -0.1) is 0 Å². The van der Waals surface area contributed by atoms with Crippen molar-refractivity contribution in [2.45, 2.75) is 39.7 Å². The van der Waals surface area contributed by atoms with Gasteiger partial charge < -0.3 is 14.8 Å². The van der Waals surface area contributed by atoms with E-state index in [2.05, 4.69) is 38.4 Å². The van der Waals surface area contributed by atoms with Crippen molar-refractivity contribution in [3.63, 3.8) is 0 Å². The van der Waals surface area contributed by atoms with Crippen molar-refractivity contribution in [2.75, 3.05) is 12.4 Å². The van der Waals surface area contributed by atoms with Crippen molar-refractivity contribution in [3.05, 3.63) is 51.1 Å². The highest BCUT2D eigenvalue weighted by Gasteiger charge is 2.12. The van der Waals surface area contributed by atoms with Gasteiger partial charge in [-0.3, -0.25) is 9.59 Å². The summed E-state index contributed by atoms with van der Waals surface area (Å²) in [5, 5.41) is 6.72. The molecule has 30 heavy (non-hydrogen) atoms. The molecule has 2 aromatic rings. The normalized spacial score (nSPS) is 10.9. The van der Waals surface area contributed by atoms with Crippen LogP contribution in [0.1, 0.15) is 37.8 Å². The molecule has 0 unspecified atom stereocenters. The molecule has 2 rings (SSSR count). The lowest BCUT2D eigenvalue weighted by molar-refractivity contribution is -0.124. The largest absolute Gasteiger partial charge is 0.493 e. The summed E-state index contributed by atoms with van der Waals surface area (Å²) in [6.45, 7) is 5.87. The molecule has 8 heteroatoms. The van der Waals surface area contributed by atoms with E-state index in [1.165, 1.54) is 6.21 Å². The van der Waals surface area contributed by atoms with Crippen LogP contribution in [0.2, 0.25) is 0 Å². The van der Waals surface area contributed by atoms with Crippen LogP contribution in [-0.4, -0.2) is 31.2 Å². The number of methoxy groups -OCH3 is 1. The third kappa shape index (κ3) is 7.66. The number of nitrogens with one attached hydrogen (secondary N) is 2. The van der Waals surface area contributed by atoms with Crippen molar-refractivity contribution in [2.24, 2.45) is 5.10 Å². The molecule has 2 aromatic carbocycles. The van der Waals surface area contributed by atoms with Crippen LogP contribution in [0.4, 0.5) is 5.69 Å². The first-order valence-electron chi connectivity index (χ1n) is 9.51. The Morgan fingerprint density at radius 2 is 1.80 bits per heavy atom. The number of halogens is 1. The minimum atomic E-state index is -0.341. The Morgan fingerprint density at radius 3 is 2.43 bits per heavy atom. The number of nitrogens with zero attached hydrogens (tertiary/aromatic N) is 1. The fourth-order valence-corrected chi connectivity index (χ4v) is 3.24. The molecule has 2 N–H and O–H groups in total. The van der Waals surface area contributed by atoms with Crippen LogP contribution in [0.3, 0.4) is 0 Å². The first-order valence-corrected chi connectivity index (χ1v) is 10.6. The second-order valence-corrected chi connectivity index (χ2v) is 8.07. The van der Waals surface area contributed by atoms with Gasteiger partial charge >= 0.3 is 0 Å². The molecule has 0 aliphatic heterocycles. The monoisotopic (exact) mass is 523 g/mol. The zero-order valence-electron chi connectivity index (χ0n) is 17.5. The van der Waals surface area contributed by atoms with Gasteiger partial charge in [0.1, 0.15) is 0 Å². The second kappa shape index (κ2) is 11.5. The van der Waals surface area contributed by atoms with E-state index < -0.39 is 0 Å². The summed E-state index contributed by atoms with van der Waals surface area (Å²) in [7, 11) is 1.57. The molecule has 160 valence electrons. The summed E-state index contributed by atoms with van der Waals surface area (Å²) in [5.41, 5.74) is 5.01. The molecule has 0 bridgehead atoms. The summed E-state index contributed by atoms with van der Waals surface area (Å²) < 4.78 is 12.1. The maximum Gasteiger partial charge on any atom is 0.240 e. The van der Waals surface area contributed by atoms with Crippen LogP contribution in [0.5, 0.6) is 11.5 Å². The SMILES string of the molecule is COc1cc(C=NNC(=O)CCC(=O)Nc2ccc(C)cc2)cc(I)c1OC(C)C. The lowest BCUT2D eigenvalue weighted by Crippen LogP contribution is -2.20. The van der Waals surface area contributed by atoms with E-state index in [1.807, 2.05) is 51.1 Å². The minimum Gasteiger partial charge on any atom is -0.493 e. The van der Waals surface area contributed by atoms with Crippen molar-refractivity contribution in [3.8, 4) is 11.5 Å². The molecule has 2 amide bonds. The van der Waals surface area contributed by atoms with Crippen molar-refractivity contribution in [1.29, 1.82) is 0 Å². The lowest BCUT2D eigenvalue weighted by atomic mass is 10.2. The molecule has 0 saturated heterocycles. The first-order chi connectivity index (χ1) is 14.3. The van der Waals surface area contributed by atoms with Crippen molar-refractivity contribution < 1.29 is 19.1 Å². The van der Waals surface area contributed by atoms with Crippen LogP contribution < -0.4 is 20.2 Å². The number of aryl methyl sites for hydroxylation is 1. The number of benzene rings is 2. The van der Waals surface area contributed by atoms with Gasteiger partial charge in [0.05, 0.1) is 23.0 Å². The number of carbonyl (C=O) groups is 2. The number of hydrogen-bond donors (Lipinski definition) is 2. The maximum absolute atomic E-state index is 12.0. The summed E-state index contributed by atoms with van der Waals surface area (Å²) >= 11 is 2.17. The third-order valence-electron chi connectivity index (χ3n) is 3.92. The number of carbonyl (C=O) groups excluding carboxylic acids is 2. The van der Waals surface area contributed by atoms with E-state index in [0.717, 1.165) is 14.7 Å². The molecular formula is C22H26IN3O4. The van der Waals surface area contributed by atoms with Gasteiger partial charge in [0.25, 0.3) is 0 Å². The van der Waals surface area contributed by atoms with E-state index in [1.54, 1.807) is 13.2 Å². The number of hydrogen-bond acceptors (Lipinski definition) is 5. The lowest BCUT2D eigenvalue weighted by Gasteiger charge is -2.15. The maximum atomic E-state index is 12.0. The van der Waals surface area contributed by atoms with Crippen LogP contribution >= 0.6 is 22.6 Å². The summed E-state index contributed by atoms with van der Waals surface area (Å²) in [5.74, 6) is 0.703. The fraction of sp³-hybridized carbons (Fsp3) is 0.318. The molecule has 0 atom stereocenters. The van der Waals surface area contributed by atoms with Gasteiger partial charge in [-0.05, 0) is 73.2 Å². The average molecular weight is 523 g/mol. The van der Waals surface area contributed by atoms with E-state index in [4.69, 9.17) is 9.47 Å². The van der Waals surface area contributed by atoms with Gasteiger partial charge in [0.2, 0.25) is 11.8 Å². The zero-order chi connectivity index (χ0) is 22.1. The predicted molar refractivity (Wildman–Crippen MR) is 126 cm³/mol. The van der Waals surface area contributed by atoms with Gasteiger partial charge in [0.15, 0.2) is 11.5 Å². The van der Waals surface area contributed by atoms with Gasteiger partial charge in [-0.1, -0.05) is 17.7 Å². The molecular weight excluding hydrogens is 497 g/mol. The molecule has 0 radical (unpaired) electrons. The molecule has 0 heterocycles. The standard InChI is InChI=1S/C22H26IN3O4/c1-14(2)30-22-18(23)11-16(12-19(22)29-4)13-24-26-21(28)10-9-20(27)25-17-7-5-15(3)6-8-17/h5-8,11-14H,9-10H2,1-4H3,(H,25,27)(H,26,28). The Morgan fingerprint density at radius 1 is 1.13 bits per heavy atom. The summed E-state index contributed by atoms with van der Waals surface area (Å²) in [6.07, 6.45) is 1.65. The zero-order valence-corrected chi connectivity index (χ0v) is 19.6. The number of anilines is 1. The Bertz CT molecular complexity index is 911. The van der Waals surface area contributed by atoms with Crippen LogP contribution in [-0.2, 0) is 9.59 Å². The smallest absolute Gasteiger partial charge is 0.240 e. The summed E-state index contributed by atoms with van der Waals surface area (Å²) in [4.78, 5) is 23.9. The van der Waals surface area contributed by atoms with Crippen LogP contribution in [0, 0.1) is 10.5 Å². The van der Waals surface area contributed by atoms with Crippen molar-refractivity contribution >= 4 is 46.3 Å². The van der Waals surface area contributed by atoms with Crippen molar-refractivity contribution in [1.82, 2.24) is 5.43 Å². The molecule has 0 aliphatic carbocycles. The topological polar surface area (TPSA) is 89.0 Å². The van der Waals surface area contributed by atoms with Gasteiger partial charge in [0, 0.05) is 18.5 Å². The quantitative estimate of drug-likeness (QED) is 0.292. The van der Waals surface area contributed by atoms with E-state index in [0.29, 0.717) is 17.2 Å². The highest BCUT2D eigenvalue weighted by molar-refractivity contribution is 14.1. The average Bonchev–Trinajstić information content (AvgIpc) is 2.69. The Hall–Kier alpha value is -2.62. The number of ether oxygens (including phenoxy) is 2. The van der Waals surface area contributed by atoms with Crippen LogP contribution in [0.25, 0.3) is 0 Å². The molecule has 0 spiro atoms. The molecule has 0 fully saturated rings. The Labute approximate surface area is 190 Å². The first kappa shape index (κ1) is 23.7. The highest BCUT2D eigenvalue weighted by Crippen LogP contribution is 2.34. The number of amides is 2. The number of hydrazone groups is 1. The van der Waals surface area contributed by atoms with E-state index in [-0.39, 0.29) is 30.8 Å². The Balaban J connectivity index is 1.85. The van der Waals surface area contributed by atoms with E-state index >= 15 is 0 Å². The summed E-state index contributed by atoms with van der Waals surface area (Å²) in [6, 6.07) is 11.1. The molecule has 0 aliphatic rings. The number of rotatable bonds is 9. The Kier molecular flexibility index (Phi) is 9.10. The third-order valence-corrected chi connectivity index (χ3v) is 4.72. The molecule has 7 nitrogen and oxygen atoms in total. The fourth-order valence-electron chi connectivity index (χ4n) is 2.49.